The summed E-state index contributed by atoms with van der Waals surface area (Å²) < 4.78 is 0. The van der Waals surface area contributed by atoms with E-state index in [0.717, 1.165) is 18.2 Å². The van der Waals surface area contributed by atoms with Crippen molar-refractivity contribution < 1.29 is 0 Å². The Morgan fingerprint density at radius 2 is 2.05 bits per heavy atom. The SMILES string of the molecule is CCCC1(CNc2cc(NN)nc(C3CC3)n2)CC1. The van der Waals surface area contributed by atoms with Gasteiger partial charge in [0.05, 0.1) is 0 Å². The maximum absolute atomic E-state index is 5.48. The Bertz CT molecular complexity index is 451. The fraction of sp³-hybridized carbons (Fsp3) is 0.714. The number of hydrazine groups is 1. The molecule has 19 heavy (non-hydrogen) atoms. The molecule has 0 spiro atoms. The maximum atomic E-state index is 5.48. The smallest absolute Gasteiger partial charge is 0.145 e. The number of rotatable bonds is 7. The molecule has 0 radical (unpaired) electrons. The maximum Gasteiger partial charge on any atom is 0.145 e. The van der Waals surface area contributed by atoms with E-state index in [2.05, 4.69) is 27.6 Å². The van der Waals surface area contributed by atoms with Crippen LogP contribution in [-0.2, 0) is 0 Å². The summed E-state index contributed by atoms with van der Waals surface area (Å²) >= 11 is 0. The second-order valence-corrected chi connectivity index (χ2v) is 6.02. The van der Waals surface area contributed by atoms with E-state index in [-0.39, 0.29) is 0 Å². The molecule has 104 valence electrons. The minimum atomic E-state index is 0.524. The molecule has 0 saturated heterocycles. The van der Waals surface area contributed by atoms with Gasteiger partial charge in [0.15, 0.2) is 0 Å². The van der Waals surface area contributed by atoms with Crippen LogP contribution in [0, 0.1) is 5.41 Å². The van der Waals surface area contributed by atoms with Gasteiger partial charge in [-0.3, -0.25) is 0 Å². The van der Waals surface area contributed by atoms with Crippen molar-refractivity contribution in [3.8, 4) is 0 Å². The van der Waals surface area contributed by atoms with Gasteiger partial charge in [0.1, 0.15) is 17.5 Å². The summed E-state index contributed by atoms with van der Waals surface area (Å²) in [5, 5.41) is 3.48. The quantitative estimate of drug-likeness (QED) is 0.519. The van der Waals surface area contributed by atoms with E-state index in [1.54, 1.807) is 0 Å². The van der Waals surface area contributed by atoms with Crippen LogP contribution in [-0.4, -0.2) is 16.5 Å². The molecule has 1 aromatic rings. The van der Waals surface area contributed by atoms with Gasteiger partial charge in [0, 0.05) is 18.5 Å². The Balaban J connectivity index is 1.68. The average molecular weight is 261 g/mol. The van der Waals surface area contributed by atoms with Crippen LogP contribution in [0.2, 0.25) is 0 Å². The van der Waals surface area contributed by atoms with E-state index in [1.165, 1.54) is 38.5 Å². The molecule has 0 aromatic carbocycles. The van der Waals surface area contributed by atoms with Crippen molar-refractivity contribution in [2.75, 3.05) is 17.3 Å². The van der Waals surface area contributed by atoms with Crippen molar-refractivity contribution in [1.82, 2.24) is 9.97 Å². The lowest BCUT2D eigenvalue weighted by atomic mass is 10.0. The van der Waals surface area contributed by atoms with Crippen LogP contribution in [0.15, 0.2) is 6.07 Å². The first-order valence-corrected chi connectivity index (χ1v) is 7.34. The highest BCUT2D eigenvalue weighted by atomic mass is 15.3. The van der Waals surface area contributed by atoms with Gasteiger partial charge in [0.25, 0.3) is 0 Å². The van der Waals surface area contributed by atoms with Gasteiger partial charge in [-0.05, 0) is 37.5 Å². The predicted octanol–water partition coefficient (Wildman–Crippen LogP) is 2.63. The number of aromatic nitrogens is 2. The average Bonchev–Trinajstić information content (AvgIpc) is 3.31. The standard InChI is InChI=1S/C14H23N5/c1-2-5-14(6-7-14)9-16-11-8-12(19-15)18-13(17-11)10-3-4-10/h8,10H,2-7,9,15H2,1H3,(H2,16,17,18,19). The third-order valence-corrected chi connectivity index (χ3v) is 4.22. The number of anilines is 2. The summed E-state index contributed by atoms with van der Waals surface area (Å²) in [5.74, 6) is 8.57. The lowest BCUT2D eigenvalue weighted by molar-refractivity contribution is 0.485. The minimum absolute atomic E-state index is 0.524. The Morgan fingerprint density at radius 1 is 1.32 bits per heavy atom. The van der Waals surface area contributed by atoms with Crippen molar-refractivity contribution in [3.05, 3.63) is 11.9 Å². The van der Waals surface area contributed by atoms with Crippen LogP contribution in [0.4, 0.5) is 11.6 Å². The Kier molecular flexibility index (Phi) is 3.31. The summed E-state index contributed by atoms with van der Waals surface area (Å²) in [6.07, 6.45) is 7.66. The van der Waals surface area contributed by atoms with Crippen LogP contribution in [0.25, 0.3) is 0 Å². The third kappa shape index (κ3) is 2.97. The summed E-state index contributed by atoms with van der Waals surface area (Å²) in [4.78, 5) is 9.04. The molecule has 1 aromatic heterocycles. The molecule has 5 heteroatoms. The number of hydrogen-bond donors (Lipinski definition) is 3. The van der Waals surface area contributed by atoms with Crippen LogP contribution in [0.5, 0.6) is 0 Å². The predicted molar refractivity (Wildman–Crippen MR) is 76.9 cm³/mol. The monoisotopic (exact) mass is 261 g/mol. The van der Waals surface area contributed by atoms with E-state index in [9.17, 15) is 0 Å². The van der Waals surface area contributed by atoms with Gasteiger partial charge in [-0.2, -0.15) is 0 Å². The summed E-state index contributed by atoms with van der Waals surface area (Å²) in [6.45, 7) is 3.28. The van der Waals surface area contributed by atoms with Crippen LogP contribution in [0.3, 0.4) is 0 Å². The zero-order valence-electron chi connectivity index (χ0n) is 11.6. The number of nitrogens with two attached hydrogens (primary N) is 1. The first-order valence-electron chi connectivity index (χ1n) is 7.34. The summed E-state index contributed by atoms with van der Waals surface area (Å²) in [5.41, 5.74) is 3.16. The second kappa shape index (κ2) is 4.96. The zero-order chi connectivity index (χ0) is 13.3. The molecule has 0 atom stereocenters. The Hall–Kier alpha value is -1.36. The van der Waals surface area contributed by atoms with E-state index in [1.807, 2.05) is 6.07 Å². The minimum Gasteiger partial charge on any atom is -0.369 e. The number of hydrogen-bond acceptors (Lipinski definition) is 5. The fourth-order valence-corrected chi connectivity index (χ4v) is 2.65. The van der Waals surface area contributed by atoms with Crippen LogP contribution < -0.4 is 16.6 Å². The Morgan fingerprint density at radius 3 is 2.63 bits per heavy atom. The third-order valence-electron chi connectivity index (χ3n) is 4.22. The summed E-state index contributed by atoms with van der Waals surface area (Å²) in [7, 11) is 0. The van der Waals surface area contributed by atoms with E-state index in [4.69, 9.17) is 5.84 Å². The van der Waals surface area contributed by atoms with Gasteiger partial charge in [-0.1, -0.05) is 13.3 Å². The normalized spacial score (nSPS) is 20.1. The molecular weight excluding hydrogens is 238 g/mol. The van der Waals surface area contributed by atoms with Crippen LogP contribution >= 0.6 is 0 Å². The first kappa shape index (κ1) is 12.7. The molecule has 0 aliphatic heterocycles. The van der Waals surface area contributed by atoms with Crippen molar-refractivity contribution >= 4 is 11.6 Å². The van der Waals surface area contributed by atoms with Gasteiger partial charge < -0.3 is 10.7 Å². The highest BCUT2D eigenvalue weighted by Gasteiger charge is 2.41. The molecular formula is C14H23N5. The van der Waals surface area contributed by atoms with Crippen molar-refractivity contribution in [2.45, 2.75) is 51.4 Å². The molecule has 2 saturated carbocycles. The fourth-order valence-electron chi connectivity index (χ4n) is 2.65. The lowest BCUT2D eigenvalue weighted by Gasteiger charge is -2.16. The van der Waals surface area contributed by atoms with Gasteiger partial charge >= 0.3 is 0 Å². The van der Waals surface area contributed by atoms with E-state index < -0.39 is 0 Å². The number of nitrogens with one attached hydrogen (secondary N) is 2. The lowest BCUT2D eigenvalue weighted by Crippen LogP contribution is -2.17. The topological polar surface area (TPSA) is 75.9 Å². The van der Waals surface area contributed by atoms with Crippen molar-refractivity contribution in [2.24, 2.45) is 11.3 Å². The summed E-state index contributed by atoms with van der Waals surface area (Å²) in [6, 6.07) is 1.90. The van der Waals surface area contributed by atoms with Gasteiger partial charge in [0.2, 0.25) is 0 Å². The number of nitrogen functional groups attached to an aromatic ring is 1. The molecule has 0 bridgehead atoms. The molecule has 2 aliphatic rings. The van der Waals surface area contributed by atoms with Crippen molar-refractivity contribution in [1.29, 1.82) is 0 Å². The molecule has 3 rings (SSSR count). The molecule has 2 fully saturated rings. The molecule has 0 amide bonds. The molecule has 4 N–H and O–H groups in total. The van der Waals surface area contributed by atoms with Crippen molar-refractivity contribution in [3.63, 3.8) is 0 Å². The van der Waals surface area contributed by atoms with Gasteiger partial charge in [-0.15, -0.1) is 0 Å². The largest absolute Gasteiger partial charge is 0.369 e. The molecule has 2 aliphatic carbocycles. The highest BCUT2D eigenvalue weighted by Crippen LogP contribution is 2.49. The Labute approximate surface area is 114 Å². The van der Waals surface area contributed by atoms with E-state index in [0.29, 0.717) is 17.2 Å². The molecule has 0 unspecified atom stereocenters. The highest BCUT2D eigenvalue weighted by molar-refractivity contribution is 5.47. The second-order valence-electron chi connectivity index (χ2n) is 6.02. The van der Waals surface area contributed by atoms with Crippen LogP contribution in [0.1, 0.15) is 57.2 Å². The van der Waals surface area contributed by atoms with E-state index >= 15 is 0 Å². The van der Waals surface area contributed by atoms with Gasteiger partial charge in [-0.25, -0.2) is 15.8 Å². The molecule has 1 heterocycles. The zero-order valence-corrected chi connectivity index (χ0v) is 11.6. The number of nitrogens with zero attached hydrogens (tertiary/aromatic N) is 2. The molecule has 5 nitrogen and oxygen atoms in total. The first-order chi connectivity index (χ1) is 9.24.